The maximum atomic E-state index is 13.5. The molecule has 0 aliphatic rings. The van der Waals surface area contributed by atoms with Gasteiger partial charge in [-0.25, -0.2) is 22.5 Å². The lowest BCUT2D eigenvalue weighted by atomic mass is 10.2. The van der Waals surface area contributed by atoms with E-state index in [-0.39, 0.29) is 10.5 Å². The van der Waals surface area contributed by atoms with Gasteiger partial charge in [0.25, 0.3) is 6.43 Å². The van der Waals surface area contributed by atoms with Crippen molar-refractivity contribution in [3.63, 3.8) is 0 Å². The van der Waals surface area contributed by atoms with Crippen LogP contribution in [0.5, 0.6) is 0 Å². The Morgan fingerprint density at radius 3 is 2.62 bits per heavy atom. The van der Waals surface area contributed by atoms with E-state index in [4.69, 9.17) is 11.6 Å². The summed E-state index contributed by atoms with van der Waals surface area (Å²) < 4.78 is 52.1. The minimum Gasteiger partial charge on any atom is -0.303 e. The minimum atomic E-state index is -3.25. The Kier molecular flexibility index (Phi) is 2.75. The number of nitrogens with zero attached hydrogens (tertiary/aromatic N) is 2. The molecule has 2 nitrogen and oxygen atoms in total. The Morgan fingerprint density at radius 2 is 2.00 bits per heavy atom. The highest BCUT2D eigenvalue weighted by molar-refractivity contribution is 6.31. The number of hydrogen-bond donors (Lipinski definition) is 0. The van der Waals surface area contributed by atoms with Crippen molar-refractivity contribution in [1.82, 2.24) is 9.38 Å². The van der Waals surface area contributed by atoms with Crippen molar-refractivity contribution in [2.24, 2.45) is 0 Å². The molecule has 0 spiro atoms. The maximum absolute atomic E-state index is 13.5. The van der Waals surface area contributed by atoms with Crippen LogP contribution in [-0.4, -0.2) is 15.8 Å². The number of pyridine rings is 1. The Bertz CT molecular complexity index is 525. The van der Waals surface area contributed by atoms with Crippen LogP contribution in [0.15, 0.2) is 18.6 Å². The summed E-state index contributed by atoms with van der Waals surface area (Å²) in [6.07, 6.45) is -3.51. The van der Waals surface area contributed by atoms with E-state index in [9.17, 15) is 17.6 Å². The van der Waals surface area contributed by atoms with Gasteiger partial charge in [-0.05, 0) is 6.07 Å². The van der Waals surface area contributed by atoms with Gasteiger partial charge < -0.3 is 4.40 Å². The number of fused-ring (bicyclic) bond motifs is 1. The molecule has 7 heteroatoms. The highest BCUT2D eigenvalue weighted by Crippen LogP contribution is 2.30. The molecule has 2 aromatic rings. The smallest absolute Gasteiger partial charge is 0.275 e. The van der Waals surface area contributed by atoms with Crippen LogP contribution in [0.25, 0.3) is 5.52 Å². The largest absolute Gasteiger partial charge is 0.303 e. The topological polar surface area (TPSA) is 17.3 Å². The van der Waals surface area contributed by atoms with Crippen molar-refractivity contribution in [2.75, 3.05) is 0 Å². The molecule has 1 atom stereocenters. The third kappa shape index (κ3) is 1.63. The van der Waals surface area contributed by atoms with Gasteiger partial charge in [0.2, 0.25) is 6.17 Å². The van der Waals surface area contributed by atoms with Crippen molar-refractivity contribution < 1.29 is 17.6 Å². The van der Waals surface area contributed by atoms with Crippen LogP contribution in [0.1, 0.15) is 11.9 Å². The van der Waals surface area contributed by atoms with Crippen LogP contribution in [-0.2, 0) is 0 Å². The molecule has 16 heavy (non-hydrogen) atoms. The Hall–Kier alpha value is -1.30. The second-order valence-corrected chi connectivity index (χ2v) is 3.51. The van der Waals surface area contributed by atoms with Gasteiger partial charge in [-0.15, -0.1) is 0 Å². The quantitative estimate of drug-likeness (QED) is 0.749. The molecular weight excluding hydrogens is 248 g/mol. The zero-order valence-corrected chi connectivity index (χ0v) is 8.43. The summed E-state index contributed by atoms with van der Waals surface area (Å²) in [4.78, 5) is 3.43. The van der Waals surface area contributed by atoms with Gasteiger partial charge in [-0.1, -0.05) is 11.6 Å². The van der Waals surface area contributed by atoms with Crippen LogP contribution in [0.2, 0.25) is 5.02 Å². The highest BCUT2D eigenvalue weighted by Gasteiger charge is 2.27. The number of halogens is 5. The van der Waals surface area contributed by atoms with Gasteiger partial charge in [0, 0.05) is 6.20 Å². The molecule has 0 saturated heterocycles. The molecule has 86 valence electrons. The monoisotopic (exact) mass is 252 g/mol. The molecule has 0 radical (unpaired) electrons. The minimum absolute atomic E-state index is 0.268. The van der Waals surface area contributed by atoms with Crippen LogP contribution in [0.4, 0.5) is 17.6 Å². The lowest BCUT2D eigenvalue weighted by molar-refractivity contribution is 0.0482. The van der Waals surface area contributed by atoms with E-state index in [0.29, 0.717) is 0 Å². The van der Waals surface area contributed by atoms with Gasteiger partial charge in [-0.3, -0.25) is 0 Å². The lowest BCUT2D eigenvalue weighted by Crippen LogP contribution is -2.05. The summed E-state index contributed by atoms with van der Waals surface area (Å²) in [5.74, 6) is -0.958. The van der Waals surface area contributed by atoms with Gasteiger partial charge in [-0.2, -0.15) is 0 Å². The van der Waals surface area contributed by atoms with Gasteiger partial charge in [0.15, 0.2) is 5.82 Å². The second-order valence-electron chi connectivity index (χ2n) is 3.10. The normalized spacial score (nSPS) is 13.6. The molecular formula is C9H5ClF4N2. The molecule has 0 amide bonds. The molecule has 0 aromatic carbocycles. The Morgan fingerprint density at radius 1 is 1.31 bits per heavy atom. The molecule has 0 aliphatic carbocycles. The predicted octanol–water partition coefficient (Wildman–Crippen LogP) is 3.40. The summed E-state index contributed by atoms with van der Waals surface area (Å²) in [6.45, 7) is 0. The first-order valence-electron chi connectivity index (χ1n) is 4.25. The Labute approximate surface area is 92.5 Å². The standard InChI is InChI=1S/C9H5ClF4N2/c10-4-1-2-16-3-15-7(6(12)9(13)14)8(16)5(4)11/h1-3,6,9H. The summed E-state index contributed by atoms with van der Waals surface area (Å²) in [5, 5.41) is -0.268. The molecule has 0 N–H and O–H groups in total. The Balaban J connectivity index is 2.67. The van der Waals surface area contributed by atoms with Crippen molar-refractivity contribution in [2.45, 2.75) is 12.6 Å². The van der Waals surface area contributed by atoms with Crippen molar-refractivity contribution in [1.29, 1.82) is 0 Å². The van der Waals surface area contributed by atoms with E-state index in [1.54, 1.807) is 0 Å². The summed E-state index contributed by atoms with van der Waals surface area (Å²) in [5.41, 5.74) is -1.00. The molecule has 0 aliphatic heterocycles. The maximum Gasteiger partial charge on any atom is 0.275 e. The third-order valence-electron chi connectivity index (χ3n) is 2.10. The molecule has 2 rings (SSSR count). The average molecular weight is 253 g/mol. The van der Waals surface area contributed by atoms with Crippen LogP contribution in [0, 0.1) is 5.82 Å². The highest BCUT2D eigenvalue weighted by atomic mass is 35.5. The molecule has 0 fully saturated rings. The molecule has 0 saturated carbocycles. The van der Waals surface area contributed by atoms with Crippen molar-refractivity contribution >= 4 is 17.1 Å². The van der Waals surface area contributed by atoms with Gasteiger partial charge in [0.1, 0.15) is 11.2 Å². The van der Waals surface area contributed by atoms with Crippen molar-refractivity contribution in [3.8, 4) is 0 Å². The molecule has 1 unspecified atom stereocenters. The number of rotatable bonds is 2. The lowest BCUT2D eigenvalue weighted by Gasteiger charge is -2.05. The fourth-order valence-electron chi connectivity index (χ4n) is 1.37. The summed E-state index contributed by atoms with van der Waals surface area (Å²) in [6, 6.07) is 1.23. The van der Waals surface area contributed by atoms with Gasteiger partial charge in [0.05, 0.1) is 11.3 Å². The first-order valence-corrected chi connectivity index (χ1v) is 4.63. The third-order valence-corrected chi connectivity index (χ3v) is 2.40. The number of aromatic nitrogens is 2. The molecule has 2 aromatic heterocycles. The second kappa shape index (κ2) is 3.93. The van der Waals surface area contributed by atoms with E-state index >= 15 is 0 Å². The van der Waals surface area contributed by atoms with Crippen LogP contribution < -0.4 is 0 Å². The van der Waals surface area contributed by atoms with E-state index in [1.165, 1.54) is 12.3 Å². The average Bonchev–Trinajstić information content (AvgIpc) is 2.66. The van der Waals surface area contributed by atoms with E-state index in [0.717, 1.165) is 10.7 Å². The number of alkyl halides is 3. The zero-order chi connectivity index (χ0) is 11.9. The SMILES string of the molecule is Fc1c(Cl)ccn2cnc(C(F)C(F)F)c12. The molecule has 0 bridgehead atoms. The van der Waals surface area contributed by atoms with E-state index in [2.05, 4.69) is 4.98 Å². The predicted molar refractivity (Wildman–Crippen MR) is 50.0 cm³/mol. The van der Waals surface area contributed by atoms with Crippen molar-refractivity contribution in [3.05, 3.63) is 35.1 Å². The van der Waals surface area contributed by atoms with E-state index in [1.807, 2.05) is 0 Å². The van der Waals surface area contributed by atoms with Crippen LogP contribution in [0.3, 0.4) is 0 Å². The first kappa shape index (κ1) is 11.2. The first-order chi connectivity index (χ1) is 7.52. The number of hydrogen-bond acceptors (Lipinski definition) is 1. The van der Waals surface area contributed by atoms with Gasteiger partial charge >= 0.3 is 0 Å². The summed E-state index contributed by atoms with van der Waals surface area (Å²) >= 11 is 5.47. The number of imidazole rings is 1. The summed E-state index contributed by atoms with van der Waals surface area (Å²) in [7, 11) is 0. The van der Waals surface area contributed by atoms with E-state index < -0.39 is 24.1 Å². The fourth-order valence-corrected chi connectivity index (χ4v) is 1.51. The zero-order valence-electron chi connectivity index (χ0n) is 7.67. The molecule has 2 heterocycles. The fraction of sp³-hybridized carbons (Fsp3) is 0.222. The van der Waals surface area contributed by atoms with Crippen LogP contribution >= 0.6 is 11.6 Å².